The number of amides is 1. The molecule has 3 rings (SSSR count). The van der Waals surface area contributed by atoms with Crippen LogP contribution in [0.4, 0.5) is 5.69 Å². The fraction of sp³-hybridized carbons (Fsp3) is 0.348. The highest BCUT2D eigenvalue weighted by Crippen LogP contribution is 2.36. The van der Waals surface area contributed by atoms with Gasteiger partial charge in [0.25, 0.3) is 0 Å². The van der Waals surface area contributed by atoms with E-state index in [1.54, 1.807) is 12.1 Å². The lowest BCUT2D eigenvalue weighted by Gasteiger charge is -2.15. The molecule has 0 saturated carbocycles. The number of thioether (sulfide) groups is 1. The number of hydrogen-bond donors (Lipinski definition) is 1. The molecule has 0 spiro atoms. The summed E-state index contributed by atoms with van der Waals surface area (Å²) in [7, 11) is 4.86. The normalized spacial score (nSPS) is 11.7. The van der Waals surface area contributed by atoms with Gasteiger partial charge in [-0.2, -0.15) is 0 Å². The summed E-state index contributed by atoms with van der Waals surface area (Å²) in [6.07, 6.45) is -0.307. The van der Waals surface area contributed by atoms with Gasteiger partial charge >= 0.3 is 0 Å². The Morgan fingerprint density at radius 2 is 1.85 bits per heavy atom. The Kier molecular flexibility index (Phi) is 8.10. The summed E-state index contributed by atoms with van der Waals surface area (Å²) in [5.74, 6) is 2.22. The maximum atomic E-state index is 12.5. The van der Waals surface area contributed by atoms with Gasteiger partial charge in [0.05, 0.1) is 30.7 Å². The number of carbonyl (C=O) groups is 1. The van der Waals surface area contributed by atoms with E-state index in [0.717, 1.165) is 11.3 Å². The van der Waals surface area contributed by atoms with Crippen molar-refractivity contribution in [1.82, 2.24) is 14.8 Å². The van der Waals surface area contributed by atoms with Gasteiger partial charge in [-0.3, -0.25) is 4.79 Å². The zero-order valence-electron chi connectivity index (χ0n) is 19.4. The lowest BCUT2D eigenvalue weighted by Crippen LogP contribution is -2.15. The van der Waals surface area contributed by atoms with Gasteiger partial charge < -0.3 is 24.1 Å². The minimum atomic E-state index is -0.307. The summed E-state index contributed by atoms with van der Waals surface area (Å²) in [6.45, 7) is 6.02. The molecule has 1 unspecified atom stereocenters. The summed E-state index contributed by atoms with van der Waals surface area (Å²) in [5.41, 5.74) is 2.84. The average Bonchev–Trinajstić information content (AvgIpc) is 3.16. The Balaban J connectivity index is 1.63. The molecule has 2 aromatic carbocycles. The molecule has 0 fully saturated rings. The van der Waals surface area contributed by atoms with Gasteiger partial charge in [0, 0.05) is 19.2 Å². The van der Waals surface area contributed by atoms with Gasteiger partial charge in [-0.15, -0.1) is 10.2 Å². The van der Waals surface area contributed by atoms with E-state index in [1.165, 1.54) is 31.5 Å². The van der Waals surface area contributed by atoms with E-state index >= 15 is 0 Å². The first-order valence-electron chi connectivity index (χ1n) is 10.2. The number of ether oxygens (including phenoxy) is 3. The van der Waals surface area contributed by atoms with Gasteiger partial charge in [-0.1, -0.05) is 29.4 Å². The molecule has 1 N–H and O–H groups in total. The van der Waals surface area contributed by atoms with E-state index in [1.807, 2.05) is 43.7 Å². The molecule has 176 valence electrons. The summed E-state index contributed by atoms with van der Waals surface area (Å²) < 4.78 is 18.4. The molecule has 0 bridgehead atoms. The molecule has 1 atom stereocenters. The van der Waals surface area contributed by atoms with Crippen molar-refractivity contribution in [3.05, 3.63) is 52.3 Å². The molecule has 0 aliphatic rings. The Bertz CT molecular complexity index is 1150. The topological polar surface area (TPSA) is 87.5 Å². The van der Waals surface area contributed by atoms with E-state index in [9.17, 15) is 4.79 Å². The van der Waals surface area contributed by atoms with Crippen molar-refractivity contribution in [3.63, 3.8) is 0 Å². The first-order chi connectivity index (χ1) is 15.7. The smallest absolute Gasteiger partial charge is 0.234 e. The van der Waals surface area contributed by atoms with Crippen molar-refractivity contribution in [3.8, 4) is 17.2 Å². The van der Waals surface area contributed by atoms with Crippen molar-refractivity contribution in [1.29, 1.82) is 0 Å². The number of carbonyl (C=O) groups excluding carboxylic acids is 1. The third-order valence-corrected chi connectivity index (χ3v) is 6.42. The largest absolute Gasteiger partial charge is 0.495 e. The number of aromatic nitrogens is 3. The van der Waals surface area contributed by atoms with Crippen LogP contribution in [0.25, 0.3) is 0 Å². The highest BCUT2D eigenvalue weighted by molar-refractivity contribution is 7.99. The minimum Gasteiger partial charge on any atom is -0.495 e. The third kappa shape index (κ3) is 5.91. The van der Waals surface area contributed by atoms with Crippen LogP contribution in [-0.4, -0.2) is 40.6 Å². The highest BCUT2D eigenvalue weighted by atomic mass is 35.5. The fourth-order valence-corrected chi connectivity index (χ4v) is 4.07. The second-order valence-corrected chi connectivity index (χ2v) is 8.78. The predicted octanol–water partition coefficient (Wildman–Crippen LogP) is 4.97. The Morgan fingerprint density at radius 1 is 1.12 bits per heavy atom. The monoisotopic (exact) mass is 490 g/mol. The van der Waals surface area contributed by atoms with Crippen LogP contribution in [-0.2, 0) is 11.8 Å². The molecule has 1 aromatic heterocycles. The fourth-order valence-electron chi connectivity index (χ4n) is 3.12. The number of benzene rings is 2. The van der Waals surface area contributed by atoms with Crippen LogP contribution >= 0.6 is 23.4 Å². The van der Waals surface area contributed by atoms with Gasteiger partial charge in [-0.05, 0) is 44.0 Å². The zero-order valence-corrected chi connectivity index (χ0v) is 21.0. The van der Waals surface area contributed by atoms with Crippen molar-refractivity contribution in [2.75, 3.05) is 25.3 Å². The molecule has 0 saturated heterocycles. The highest BCUT2D eigenvalue weighted by Gasteiger charge is 2.19. The number of aryl methyl sites for hydroxylation is 2. The van der Waals surface area contributed by atoms with E-state index < -0.39 is 0 Å². The number of anilines is 1. The first kappa shape index (κ1) is 24.7. The second-order valence-electron chi connectivity index (χ2n) is 7.43. The molecule has 3 aromatic rings. The molecule has 8 nitrogen and oxygen atoms in total. The predicted molar refractivity (Wildman–Crippen MR) is 130 cm³/mol. The Labute approximate surface area is 202 Å². The number of methoxy groups -OCH3 is 2. The molecule has 33 heavy (non-hydrogen) atoms. The molecule has 0 radical (unpaired) electrons. The summed E-state index contributed by atoms with van der Waals surface area (Å²) in [4.78, 5) is 12.5. The van der Waals surface area contributed by atoms with Crippen molar-refractivity contribution in [2.45, 2.75) is 32.0 Å². The van der Waals surface area contributed by atoms with E-state index in [2.05, 4.69) is 22.4 Å². The van der Waals surface area contributed by atoms with Crippen LogP contribution in [0, 0.1) is 13.8 Å². The van der Waals surface area contributed by atoms with Gasteiger partial charge in [-0.25, -0.2) is 0 Å². The SMILES string of the molecule is COc1cc(NC(=O)CSc2nnc(C(C)Oc3ccc(C)c(C)c3)n2C)c(OC)cc1Cl. The van der Waals surface area contributed by atoms with Gasteiger partial charge in [0.15, 0.2) is 17.1 Å². The molecule has 1 amide bonds. The van der Waals surface area contributed by atoms with Crippen LogP contribution in [0.15, 0.2) is 35.5 Å². The van der Waals surface area contributed by atoms with Crippen LogP contribution in [0.1, 0.15) is 30.0 Å². The summed E-state index contributed by atoms with van der Waals surface area (Å²) in [5, 5.41) is 12.3. The summed E-state index contributed by atoms with van der Waals surface area (Å²) >= 11 is 7.39. The molecule has 0 aliphatic carbocycles. The maximum Gasteiger partial charge on any atom is 0.234 e. The lowest BCUT2D eigenvalue weighted by atomic mass is 10.1. The lowest BCUT2D eigenvalue weighted by molar-refractivity contribution is -0.113. The van der Waals surface area contributed by atoms with Crippen LogP contribution < -0.4 is 19.5 Å². The van der Waals surface area contributed by atoms with E-state index in [-0.39, 0.29) is 17.8 Å². The first-order valence-corrected chi connectivity index (χ1v) is 11.6. The van der Waals surface area contributed by atoms with E-state index in [0.29, 0.717) is 33.2 Å². The molecular formula is C23H27ClN4O4S. The van der Waals surface area contributed by atoms with Crippen molar-refractivity contribution < 1.29 is 19.0 Å². The van der Waals surface area contributed by atoms with Crippen LogP contribution in [0.5, 0.6) is 17.2 Å². The molecule has 1 heterocycles. The quantitative estimate of drug-likeness (QED) is 0.423. The average molecular weight is 491 g/mol. The molecule has 10 heteroatoms. The number of hydrogen-bond acceptors (Lipinski definition) is 7. The Morgan fingerprint density at radius 3 is 2.52 bits per heavy atom. The van der Waals surface area contributed by atoms with Gasteiger partial charge in [0.2, 0.25) is 5.91 Å². The maximum absolute atomic E-state index is 12.5. The summed E-state index contributed by atoms with van der Waals surface area (Å²) in [6, 6.07) is 9.18. The number of nitrogens with zero attached hydrogens (tertiary/aromatic N) is 3. The van der Waals surface area contributed by atoms with Gasteiger partial charge in [0.1, 0.15) is 17.2 Å². The second kappa shape index (κ2) is 10.8. The van der Waals surface area contributed by atoms with Crippen LogP contribution in [0.3, 0.4) is 0 Å². The standard InChI is InChI=1S/C23H27ClN4O4S/c1-13-7-8-16(9-14(13)2)32-15(3)22-26-27-23(28(22)4)33-12-21(29)25-18-11-19(30-5)17(24)10-20(18)31-6/h7-11,15H,12H2,1-6H3,(H,25,29). The Hall–Kier alpha value is -2.91. The number of nitrogens with one attached hydrogen (secondary N) is 1. The van der Waals surface area contributed by atoms with E-state index in [4.69, 9.17) is 25.8 Å². The third-order valence-electron chi connectivity index (χ3n) is 5.10. The zero-order chi connectivity index (χ0) is 24.1. The van der Waals surface area contributed by atoms with Crippen LogP contribution in [0.2, 0.25) is 5.02 Å². The van der Waals surface area contributed by atoms with Crippen molar-refractivity contribution in [2.24, 2.45) is 7.05 Å². The number of rotatable bonds is 9. The molecular weight excluding hydrogens is 464 g/mol. The minimum absolute atomic E-state index is 0.131. The number of halogens is 1. The molecule has 0 aliphatic heterocycles. The van der Waals surface area contributed by atoms with Crippen molar-refractivity contribution >= 4 is 35.0 Å².